The van der Waals surface area contributed by atoms with E-state index in [2.05, 4.69) is 23.5 Å². The van der Waals surface area contributed by atoms with Crippen LogP contribution < -0.4 is 5.32 Å². The van der Waals surface area contributed by atoms with Gasteiger partial charge in [-0.15, -0.1) is 0 Å². The summed E-state index contributed by atoms with van der Waals surface area (Å²) >= 11 is 0. The maximum absolute atomic E-state index is 12.3. The Bertz CT molecular complexity index is 1050. The molecule has 0 aliphatic carbocycles. The molecule has 0 aliphatic rings. The van der Waals surface area contributed by atoms with Crippen LogP contribution in [0.15, 0.2) is 54.6 Å². The van der Waals surface area contributed by atoms with Crippen molar-refractivity contribution in [3.8, 4) is 0 Å². The van der Waals surface area contributed by atoms with E-state index in [1.807, 2.05) is 30.3 Å². The van der Waals surface area contributed by atoms with Crippen LogP contribution in [-0.2, 0) is 4.79 Å². The van der Waals surface area contributed by atoms with Crippen molar-refractivity contribution in [1.29, 1.82) is 0 Å². The molecule has 112 valence electrons. The maximum Gasteiger partial charge on any atom is 0.322 e. The van der Waals surface area contributed by atoms with Crippen molar-refractivity contribution in [1.82, 2.24) is 5.32 Å². The lowest BCUT2D eigenvalue weighted by Gasteiger charge is -2.13. The fraction of sp³-hybridized carbons (Fsp3) is 0.0526. The van der Waals surface area contributed by atoms with Gasteiger partial charge >= 0.3 is 5.97 Å². The normalized spacial score (nSPS) is 11.3. The van der Waals surface area contributed by atoms with E-state index >= 15 is 0 Å². The van der Waals surface area contributed by atoms with E-state index in [4.69, 9.17) is 5.11 Å². The summed E-state index contributed by atoms with van der Waals surface area (Å²) < 4.78 is 0. The van der Waals surface area contributed by atoms with Gasteiger partial charge in [0.05, 0.1) is 0 Å². The number of amides is 1. The standard InChI is InChI=1S/C19H13NO3/c21-16(22)10-20-19(23)15-9-7-13-5-4-11-2-1-3-12-6-8-14(15)18(13)17(11)12/h1-9H,10H2,(H,20,23)(H,21,22). The molecule has 4 nitrogen and oxygen atoms in total. The predicted octanol–water partition coefficient (Wildman–Crippen LogP) is 3.40. The minimum absolute atomic E-state index is 0.370. The average molecular weight is 303 g/mol. The van der Waals surface area contributed by atoms with Gasteiger partial charge in [0, 0.05) is 5.56 Å². The van der Waals surface area contributed by atoms with Crippen molar-refractivity contribution in [2.75, 3.05) is 6.54 Å². The molecule has 0 saturated carbocycles. The molecule has 0 aromatic heterocycles. The molecule has 0 radical (unpaired) electrons. The van der Waals surface area contributed by atoms with Crippen LogP contribution in [0.1, 0.15) is 10.4 Å². The van der Waals surface area contributed by atoms with Crippen LogP contribution in [-0.4, -0.2) is 23.5 Å². The van der Waals surface area contributed by atoms with Crippen LogP contribution in [0, 0.1) is 0 Å². The van der Waals surface area contributed by atoms with Gasteiger partial charge in [0.1, 0.15) is 6.54 Å². The quantitative estimate of drug-likeness (QED) is 0.570. The van der Waals surface area contributed by atoms with Gasteiger partial charge in [-0.05, 0) is 38.4 Å². The van der Waals surface area contributed by atoms with Gasteiger partial charge in [0.2, 0.25) is 0 Å². The summed E-state index contributed by atoms with van der Waals surface area (Å²) in [6.45, 7) is -0.388. The molecule has 0 heterocycles. The van der Waals surface area contributed by atoms with Crippen molar-refractivity contribution < 1.29 is 14.7 Å². The summed E-state index contributed by atoms with van der Waals surface area (Å²) in [5.41, 5.74) is 0.497. The number of rotatable bonds is 3. The molecule has 0 aliphatic heterocycles. The van der Waals surface area contributed by atoms with Gasteiger partial charge < -0.3 is 10.4 Å². The first-order chi connectivity index (χ1) is 11.1. The van der Waals surface area contributed by atoms with E-state index in [0.29, 0.717) is 5.56 Å². The van der Waals surface area contributed by atoms with Crippen LogP contribution in [0.4, 0.5) is 0 Å². The van der Waals surface area contributed by atoms with E-state index in [0.717, 1.165) is 32.3 Å². The number of carbonyl (C=O) groups excluding carboxylic acids is 1. The largest absolute Gasteiger partial charge is 0.480 e. The highest BCUT2D eigenvalue weighted by Crippen LogP contribution is 2.35. The summed E-state index contributed by atoms with van der Waals surface area (Å²) in [5, 5.41) is 17.5. The topological polar surface area (TPSA) is 66.4 Å². The van der Waals surface area contributed by atoms with E-state index < -0.39 is 5.97 Å². The van der Waals surface area contributed by atoms with Gasteiger partial charge in [0.15, 0.2) is 0 Å². The number of aliphatic carboxylic acids is 1. The lowest BCUT2D eigenvalue weighted by Crippen LogP contribution is -2.29. The summed E-state index contributed by atoms with van der Waals surface area (Å²) in [4.78, 5) is 23.0. The zero-order chi connectivity index (χ0) is 16.0. The molecule has 2 N–H and O–H groups in total. The first-order valence-electron chi connectivity index (χ1n) is 7.32. The van der Waals surface area contributed by atoms with E-state index in [1.54, 1.807) is 6.07 Å². The molecule has 23 heavy (non-hydrogen) atoms. The van der Waals surface area contributed by atoms with Gasteiger partial charge in [-0.25, -0.2) is 0 Å². The Kier molecular flexibility index (Phi) is 2.91. The summed E-state index contributed by atoms with van der Waals surface area (Å²) in [5.74, 6) is -1.43. The van der Waals surface area contributed by atoms with Gasteiger partial charge in [-0.3, -0.25) is 9.59 Å². The highest BCUT2D eigenvalue weighted by Gasteiger charge is 2.15. The molecule has 0 fully saturated rings. The van der Waals surface area contributed by atoms with E-state index in [-0.39, 0.29) is 12.5 Å². The minimum Gasteiger partial charge on any atom is -0.480 e. The first kappa shape index (κ1) is 13.5. The van der Waals surface area contributed by atoms with E-state index in [1.165, 1.54) is 0 Å². The molecule has 4 heteroatoms. The summed E-state index contributed by atoms with van der Waals surface area (Å²) in [7, 11) is 0. The zero-order valence-corrected chi connectivity index (χ0v) is 12.2. The number of carbonyl (C=O) groups is 2. The SMILES string of the molecule is O=C(O)CNC(=O)c1ccc2ccc3cccc4ccc1c2c34. The molecule has 1 amide bonds. The Labute approximate surface area is 131 Å². The summed E-state index contributed by atoms with van der Waals surface area (Å²) in [6.07, 6.45) is 0. The Morgan fingerprint density at radius 2 is 1.43 bits per heavy atom. The third kappa shape index (κ3) is 2.07. The zero-order valence-electron chi connectivity index (χ0n) is 12.2. The second kappa shape index (κ2) is 4.95. The van der Waals surface area contributed by atoms with Crippen LogP contribution in [0.3, 0.4) is 0 Å². The molecule has 4 rings (SSSR count). The number of nitrogens with one attached hydrogen (secondary N) is 1. The van der Waals surface area contributed by atoms with Crippen LogP contribution in [0.2, 0.25) is 0 Å². The molecule has 0 unspecified atom stereocenters. The second-order valence-electron chi connectivity index (χ2n) is 5.55. The fourth-order valence-electron chi connectivity index (χ4n) is 3.18. The number of carboxylic acids is 1. The lowest BCUT2D eigenvalue weighted by molar-refractivity contribution is -0.135. The minimum atomic E-state index is -1.06. The third-order valence-corrected chi connectivity index (χ3v) is 4.17. The van der Waals surface area contributed by atoms with Gasteiger partial charge in [-0.1, -0.05) is 48.5 Å². The van der Waals surface area contributed by atoms with E-state index in [9.17, 15) is 9.59 Å². The Morgan fingerprint density at radius 1 is 0.826 bits per heavy atom. The average Bonchev–Trinajstić information content (AvgIpc) is 2.57. The number of carboxylic acid groups (broad SMARTS) is 1. The smallest absolute Gasteiger partial charge is 0.322 e. The van der Waals surface area contributed by atoms with Crippen molar-refractivity contribution >= 4 is 44.2 Å². The van der Waals surface area contributed by atoms with Crippen molar-refractivity contribution in [2.24, 2.45) is 0 Å². The Balaban J connectivity index is 2.00. The van der Waals surface area contributed by atoms with Gasteiger partial charge in [0.25, 0.3) is 5.91 Å². The van der Waals surface area contributed by atoms with Crippen molar-refractivity contribution in [3.05, 3.63) is 60.2 Å². The molecule has 4 aromatic carbocycles. The lowest BCUT2D eigenvalue weighted by atomic mass is 9.92. The molecule has 0 atom stereocenters. The molecule has 0 spiro atoms. The second-order valence-corrected chi connectivity index (χ2v) is 5.55. The first-order valence-corrected chi connectivity index (χ1v) is 7.32. The fourth-order valence-corrected chi connectivity index (χ4v) is 3.18. The number of hydrogen-bond acceptors (Lipinski definition) is 2. The highest BCUT2D eigenvalue weighted by molar-refractivity contribution is 6.26. The summed E-state index contributed by atoms with van der Waals surface area (Å²) in [6, 6.07) is 17.8. The Morgan fingerprint density at radius 3 is 2.13 bits per heavy atom. The van der Waals surface area contributed by atoms with Crippen LogP contribution in [0.5, 0.6) is 0 Å². The number of hydrogen-bond donors (Lipinski definition) is 2. The van der Waals surface area contributed by atoms with Crippen LogP contribution in [0.25, 0.3) is 32.3 Å². The third-order valence-electron chi connectivity index (χ3n) is 4.17. The van der Waals surface area contributed by atoms with Gasteiger partial charge in [-0.2, -0.15) is 0 Å². The maximum atomic E-state index is 12.3. The molecule has 0 saturated heterocycles. The van der Waals surface area contributed by atoms with Crippen molar-refractivity contribution in [2.45, 2.75) is 0 Å². The molecule has 0 bridgehead atoms. The molecular weight excluding hydrogens is 290 g/mol. The monoisotopic (exact) mass is 303 g/mol. The van der Waals surface area contributed by atoms with Crippen LogP contribution >= 0.6 is 0 Å². The highest BCUT2D eigenvalue weighted by atomic mass is 16.4. The molecular formula is C19H13NO3. The Hall–Kier alpha value is -3.14. The van der Waals surface area contributed by atoms with Crippen molar-refractivity contribution in [3.63, 3.8) is 0 Å². The molecule has 4 aromatic rings. The number of benzene rings is 4. The predicted molar refractivity (Wildman–Crippen MR) is 90.1 cm³/mol.